The molecule has 0 saturated heterocycles. The van der Waals surface area contributed by atoms with E-state index in [0.717, 1.165) is 17.3 Å². The number of halogens is 2. The number of hydrogen-bond acceptors (Lipinski definition) is 4. The maximum absolute atomic E-state index is 12.8. The number of esters is 1. The van der Waals surface area contributed by atoms with Crippen LogP contribution in [0.3, 0.4) is 0 Å². The zero-order valence-electron chi connectivity index (χ0n) is 12.6. The van der Waals surface area contributed by atoms with E-state index < -0.39 is 5.97 Å². The van der Waals surface area contributed by atoms with Crippen LogP contribution in [0.4, 0.5) is 10.1 Å². The van der Waals surface area contributed by atoms with Crippen molar-refractivity contribution in [1.29, 1.82) is 0 Å². The van der Waals surface area contributed by atoms with Gasteiger partial charge in [-0.3, -0.25) is 9.59 Å². The molecule has 2 aromatic rings. The van der Waals surface area contributed by atoms with Crippen LogP contribution in [0.5, 0.6) is 0 Å². The lowest BCUT2D eigenvalue weighted by Crippen LogP contribution is -2.16. The number of hydrogen-bond donors (Lipinski definition) is 1. The monoisotopic (exact) mass is 367 g/mol. The van der Waals surface area contributed by atoms with Crippen molar-refractivity contribution in [3.63, 3.8) is 0 Å². The normalized spacial score (nSPS) is 10.2. The molecule has 0 aliphatic heterocycles. The summed E-state index contributed by atoms with van der Waals surface area (Å²) >= 11 is 6.92. The molecule has 0 fully saturated rings. The quantitative estimate of drug-likeness (QED) is 0.754. The van der Waals surface area contributed by atoms with Crippen molar-refractivity contribution in [3.8, 4) is 0 Å². The van der Waals surface area contributed by atoms with E-state index in [-0.39, 0.29) is 29.8 Å². The molecule has 0 spiro atoms. The van der Waals surface area contributed by atoms with Gasteiger partial charge in [0, 0.05) is 10.7 Å². The van der Waals surface area contributed by atoms with Crippen LogP contribution in [0.15, 0.2) is 48.5 Å². The highest BCUT2D eigenvalue weighted by atomic mass is 35.5. The van der Waals surface area contributed by atoms with E-state index in [0.29, 0.717) is 10.7 Å². The van der Waals surface area contributed by atoms with Crippen molar-refractivity contribution >= 4 is 40.9 Å². The van der Waals surface area contributed by atoms with Gasteiger partial charge in [0.15, 0.2) is 0 Å². The van der Waals surface area contributed by atoms with Crippen LogP contribution in [0.25, 0.3) is 0 Å². The minimum absolute atomic E-state index is 0.0738. The van der Waals surface area contributed by atoms with Crippen molar-refractivity contribution in [2.45, 2.75) is 6.61 Å². The Morgan fingerprint density at radius 2 is 1.71 bits per heavy atom. The zero-order chi connectivity index (χ0) is 17.4. The minimum atomic E-state index is -0.399. The number of benzene rings is 2. The molecular weight excluding hydrogens is 353 g/mol. The van der Waals surface area contributed by atoms with Crippen LogP contribution in [0, 0.1) is 5.82 Å². The lowest BCUT2D eigenvalue weighted by atomic mass is 10.2. The fourth-order valence-corrected chi connectivity index (χ4v) is 2.48. The number of carbonyl (C=O) groups is 2. The largest absolute Gasteiger partial charge is 0.460 e. The van der Waals surface area contributed by atoms with Crippen LogP contribution in [-0.2, 0) is 20.9 Å². The highest BCUT2D eigenvalue weighted by Crippen LogP contribution is 2.12. The molecule has 1 amide bonds. The van der Waals surface area contributed by atoms with E-state index in [2.05, 4.69) is 5.32 Å². The number of anilines is 1. The zero-order valence-corrected chi connectivity index (χ0v) is 14.2. The maximum atomic E-state index is 12.8. The molecule has 2 rings (SSSR count). The summed E-state index contributed by atoms with van der Waals surface area (Å²) in [5.41, 5.74) is 1.35. The lowest BCUT2D eigenvalue weighted by Gasteiger charge is -2.06. The van der Waals surface area contributed by atoms with E-state index in [1.165, 1.54) is 24.3 Å². The Morgan fingerprint density at radius 3 is 2.38 bits per heavy atom. The molecule has 0 aliphatic carbocycles. The Labute approximate surface area is 148 Å². The van der Waals surface area contributed by atoms with E-state index in [1.54, 1.807) is 24.3 Å². The van der Waals surface area contributed by atoms with Crippen molar-refractivity contribution in [1.82, 2.24) is 0 Å². The van der Waals surface area contributed by atoms with Gasteiger partial charge in [0.2, 0.25) is 5.91 Å². The summed E-state index contributed by atoms with van der Waals surface area (Å²) in [7, 11) is 0. The summed E-state index contributed by atoms with van der Waals surface area (Å²) in [4.78, 5) is 23.3. The van der Waals surface area contributed by atoms with E-state index in [4.69, 9.17) is 16.3 Å². The number of nitrogens with one attached hydrogen (secondary N) is 1. The van der Waals surface area contributed by atoms with Gasteiger partial charge in [-0.05, 0) is 42.0 Å². The number of thioether (sulfide) groups is 1. The molecule has 126 valence electrons. The lowest BCUT2D eigenvalue weighted by molar-refractivity contribution is -0.141. The Balaban J connectivity index is 1.63. The Kier molecular flexibility index (Phi) is 7.08. The van der Waals surface area contributed by atoms with Gasteiger partial charge in [-0.2, -0.15) is 0 Å². The molecule has 4 nitrogen and oxygen atoms in total. The number of ether oxygens (including phenoxy) is 1. The Morgan fingerprint density at radius 1 is 1.04 bits per heavy atom. The summed E-state index contributed by atoms with van der Waals surface area (Å²) in [5, 5.41) is 3.23. The van der Waals surface area contributed by atoms with Crippen LogP contribution < -0.4 is 5.32 Å². The molecule has 0 heterocycles. The van der Waals surface area contributed by atoms with Crippen LogP contribution in [0.1, 0.15) is 5.56 Å². The average molecular weight is 368 g/mol. The smallest absolute Gasteiger partial charge is 0.316 e. The number of rotatable bonds is 7. The predicted octanol–water partition coefficient (Wildman–Crippen LogP) is 3.89. The first-order valence-electron chi connectivity index (χ1n) is 7.06. The fourth-order valence-electron chi connectivity index (χ4n) is 1.74. The SMILES string of the molecule is O=C(CSCC(=O)OCc1ccc(Cl)cc1)Nc1ccc(F)cc1. The molecule has 0 aromatic heterocycles. The van der Waals surface area contributed by atoms with Gasteiger partial charge in [-0.1, -0.05) is 23.7 Å². The van der Waals surface area contributed by atoms with E-state index in [9.17, 15) is 14.0 Å². The Bertz CT molecular complexity index is 692. The van der Waals surface area contributed by atoms with Crippen LogP contribution in [0.2, 0.25) is 5.02 Å². The van der Waals surface area contributed by atoms with Gasteiger partial charge < -0.3 is 10.1 Å². The molecule has 0 bridgehead atoms. The number of carbonyl (C=O) groups excluding carboxylic acids is 2. The summed E-state index contributed by atoms with van der Waals surface area (Å²) < 4.78 is 17.9. The molecule has 0 aliphatic rings. The molecule has 0 atom stereocenters. The van der Waals surface area contributed by atoms with E-state index in [1.807, 2.05) is 0 Å². The molecule has 2 aromatic carbocycles. The van der Waals surface area contributed by atoms with Gasteiger partial charge in [0.05, 0.1) is 11.5 Å². The summed E-state index contributed by atoms with van der Waals surface area (Å²) in [6.45, 7) is 0.165. The van der Waals surface area contributed by atoms with Crippen molar-refractivity contribution in [2.24, 2.45) is 0 Å². The third kappa shape index (κ3) is 6.60. The second-order valence-electron chi connectivity index (χ2n) is 4.84. The molecule has 0 unspecified atom stereocenters. The second kappa shape index (κ2) is 9.30. The maximum Gasteiger partial charge on any atom is 0.316 e. The number of amides is 1. The summed E-state index contributed by atoms with van der Waals surface area (Å²) in [6.07, 6.45) is 0. The Hall–Kier alpha value is -2.05. The fraction of sp³-hybridized carbons (Fsp3) is 0.176. The highest BCUT2D eigenvalue weighted by Gasteiger charge is 2.07. The third-order valence-electron chi connectivity index (χ3n) is 2.89. The van der Waals surface area contributed by atoms with Crippen molar-refractivity contribution < 1.29 is 18.7 Å². The van der Waals surface area contributed by atoms with Gasteiger partial charge in [-0.25, -0.2) is 4.39 Å². The van der Waals surface area contributed by atoms with Gasteiger partial charge >= 0.3 is 5.97 Å². The third-order valence-corrected chi connectivity index (χ3v) is 4.05. The van der Waals surface area contributed by atoms with Gasteiger partial charge in [0.1, 0.15) is 12.4 Å². The van der Waals surface area contributed by atoms with Gasteiger partial charge in [-0.15, -0.1) is 11.8 Å². The molecule has 0 saturated carbocycles. The average Bonchev–Trinajstić information content (AvgIpc) is 2.56. The topological polar surface area (TPSA) is 55.4 Å². The van der Waals surface area contributed by atoms with Gasteiger partial charge in [0.25, 0.3) is 0 Å². The first kappa shape index (κ1) is 18.3. The molecular formula is C17H15ClFNO3S. The second-order valence-corrected chi connectivity index (χ2v) is 6.26. The summed E-state index contributed by atoms with van der Waals surface area (Å²) in [6, 6.07) is 12.5. The van der Waals surface area contributed by atoms with Crippen LogP contribution in [-0.4, -0.2) is 23.4 Å². The highest BCUT2D eigenvalue weighted by molar-refractivity contribution is 8.00. The van der Waals surface area contributed by atoms with Crippen molar-refractivity contribution in [2.75, 3.05) is 16.8 Å². The molecule has 24 heavy (non-hydrogen) atoms. The first-order valence-corrected chi connectivity index (χ1v) is 8.59. The first-order chi connectivity index (χ1) is 11.5. The van der Waals surface area contributed by atoms with Crippen molar-refractivity contribution in [3.05, 3.63) is 64.9 Å². The minimum Gasteiger partial charge on any atom is -0.460 e. The molecule has 7 heteroatoms. The predicted molar refractivity (Wildman–Crippen MR) is 93.6 cm³/mol. The van der Waals surface area contributed by atoms with E-state index >= 15 is 0 Å². The molecule has 1 N–H and O–H groups in total. The van der Waals surface area contributed by atoms with Crippen LogP contribution >= 0.6 is 23.4 Å². The summed E-state index contributed by atoms with van der Waals surface area (Å²) in [5.74, 6) is -0.856. The standard InChI is InChI=1S/C17H15ClFNO3S/c18-13-3-1-12(2-4-13)9-23-17(22)11-24-10-16(21)20-15-7-5-14(19)6-8-15/h1-8H,9-11H2,(H,20,21). The molecule has 0 radical (unpaired) electrons.